The Kier molecular flexibility index (Phi) is 49.3. The molecule has 42 heteroatoms. The first kappa shape index (κ1) is 111. The van der Waals surface area contributed by atoms with Gasteiger partial charge in [-0.05, 0) is 51.9 Å². The summed E-state index contributed by atoms with van der Waals surface area (Å²) in [6.07, 6.45) is -31.0. The molecule has 2 unspecified atom stereocenters. The van der Waals surface area contributed by atoms with Crippen molar-refractivity contribution in [2.45, 2.75) is 422 Å². The highest BCUT2D eigenvalue weighted by molar-refractivity contribution is 5.78. The number of amides is 3. The molecule has 6 aliphatic rings. The molecular formula is C85H147N3O39. The van der Waals surface area contributed by atoms with Gasteiger partial charge in [-0.2, -0.15) is 0 Å². The first-order chi connectivity index (χ1) is 60.6. The molecule has 6 saturated heterocycles. The van der Waals surface area contributed by atoms with E-state index in [0.717, 1.165) is 104 Å². The first-order valence-electron chi connectivity index (χ1n) is 45.1. The third-order valence-electron chi connectivity index (χ3n) is 24.0. The molecule has 6 fully saturated rings. The lowest BCUT2D eigenvalue weighted by molar-refractivity contribution is -0.407. The maximum atomic E-state index is 14.4. The summed E-state index contributed by atoms with van der Waals surface area (Å²) in [5.74, 6) is -16.5. The molecule has 0 bridgehead atoms. The number of aliphatic carboxylic acids is 2. The van der Waals surface area contributed by atoms with Crippen LogP contribution in [0.3, 0.4) is 0 Å². The molecule has 6 rings (SSSR count). The summed E-state index contributed by atoms with van der Waals surface area (Å²) in [6, 6.07) is -5.10. The number of unbranched alkanes of at least 4 members (excludes halogenated alkanes) is 22. The zero-order chi connectivity index (χ0) is 93.8. The van der Waals surface area contributed by atoms with Gasteiger partial charge in [0.25, 0.3) is 11.6 Å². The Labute approximate surface area is 740 Å². The summed E-state index contributed by atoms with van der Waals surface area (Å²) in [7, 11) is 0. The number of allylic oxidation sites excluding steroid dienone is 3. The second-order valence-corrected chi connectivity index (χ2v) is 34.2. The Hall–Kier alpha value is -4.74. The van der Waals surface area contributed by atoms with Crippen molar-refractivity contribution in [3.63, 3.8) is 0 Å². The van der Waals surface area contributed by atoms with Crippen LogP contribution in [-0.2, 0) is 85.6 Å². The number of aliphatic hydroxyl groups excluding tert-OH is 19. The molecule has 0 aromatic carbocycles. The zero-order valence-corrected chi connectivity index (χ0v) is 73.5. The zero-order valence-electron chi connectivity index (χ0n) is 73.5. The van der Waals surface area contributed by atoms with Crippen LogP contribution in [-0.4, -0.2) is 390 Å². The van der Waals surface area contributed by atoms with Crippen molar-refractivity contribution < 1.29 is 193 Å². The molecule has 127 heavy (non-hydrogen) atoms. The summed E-state index contributed by atoms with van der Waals surface area (Å²) in [5, 5.41) is 245. The molecule has 24 N–H and O–H groups in total. The van der Waals surface area contributed by atoms with Crippen molar-refractivity contribution in [2.24, 2.45) is 5.92 Å². The van der Waals surface area contributed by atoms with Gasteiger partial charge in [-0.1, -0.05) is 154 Å². The minimum Gasteiger partial charge on any atom is -0.477 e. The van der Waals surface area contributed by atoms with E-state index in [9.17, 15) is 136 Å². The van der Waals surface area contributed by atoms with Crippen molar-refractivity contribution in [1.29, 1.82) is 0 Å². The average molecular weight is 1840 g/mol. The number of Topliss-reactive ketones (excluding diaryl/α,β-unsaturated/α-hetero) is 1. The fraction of sp³-hybridized carbons (Fsp3) is 0.882. The number of ether oxygens (including phenoxy) is 12. The van der Waals surface area contributed by atoms with Crippen molar-refractivity contribution in [2.75, 3.05) is 46.2 Å². The minimum absolute atomic E-state index is 0.0793. The highest BCUT2D eigenvalue weighted by Gasteiger charge is 2.64. The van der Waals surface area contributed by atoms with E-state index >= 15 is 0 Å². The molecule has 6 aliphatic heterocycles. The number of hydrogen-bond acceptors (Lipinski definition) is 37. The largest absolute Gasteiger partial charge is 0.477 e. The monoisotopic (exact) mass is 1830 g/mol. The number of carbonyl (C=O) groups excluding carboxylic acids is 4. The van der Waals surface area contributed by atoms with E-state index < -0.39 is 308 Å². The number of carboxylic acid groups (broad SMARTS) is 2. The Bertz CT molecular complexity index is 3240. The van der Waals surface area contributed by atoms with Crippen molar-refractivity contribution >= 4 is 35.4 Å². The van der Waals surface area contributed by atoms with Crippen LogP contribution >= 0.6 is 0 Å². The molecule has 0 aromatic rings. The summed E-state index contributed by atoms with van der Waals surface area (Å²) in [4.78, 5) is 80.5. The molecule has 0 aromatic heterocycles. The highest BCUT2D eigenvalue weighted by atomic mass is 16.8. The Balaban J connectivity index is 1.34. The van der Waals surface area contributed by atoms with Crippen LogP contribution in [0.25, 0.3) is 0 Å². The normalized spacial score (nSPS) is 35.2. The molecule has 0 saturated carbocycles. The molecular weight excluding hydrogens is 1690 g/mol. The number of ketones is 1. The van der Waals surface area contributed by atoms with E-state index in [4.69, 9.17) is 56.8 Å². The van der Waals surface area contributed by atoms with Gasteiger partial charge in [-0.25, -0.2) is 9.59 Å². The third-order valence-corrected chi connectivity index (χ3v) is 24.0. The lowest BCUT2D eigenvalue weighted by Gasteiger charge is -2.53. The van der Waals surface area contributed by atoms with Crippen LogP contribution in [0.2, 0.25) is 0 Å². The number of nitrogens with one attached hydrogen (secondary N) is 3. The topological polar surface area (TPSA) is 674 Å². The molecule has 0 spiro atoms. The van der Waals surface area contributed by atoms with Gasteiger partial charge in [0.2, 0.25) is 17.7 Å². The van der Waals surface area contributed by atoms with Crippen molar-refractivity contribution in [1.82, 2.24) is 16.0 Å². The molecule has 0 aliphatic carbocycles. The Morgan fingerprint density at radius 2 is 0.882 bits per heavy atom. The standard InChI is InChI=1S/C85H147N3O39/c1-6-8-10-12-14-16-18-20-21-23-25-27-29-31-33-35-60(102)88-50(51(98)34-32-30-28-26-24-22-19-17-15-13-11-9-7-2)45-116-79-70(110)68(108)73(58(43-93)119-79)122-81-71(111)77(74(59(44-94)120-81)123-78-49(36-46(3)95)72(65(105)56(41-91)117-78)121-80-69(109)67(107)64(104)55(40-90)118-80)127-85(83(114)115)38-53(100)62(87-48(5)97)76(126-85)66(106)57(42-92)124-84(82(112)113)37-52(99)61(86-47(4)96)75(125-84)63(103)54(101)39-89/h16,18,32,34,49-59,61-81,89-94,98-101,103-111H,6-15,17,19-31,33,35-45H2,1-5H3,(H,86,96)(H,87,97)(H,88,102)(H,112,113)(H,114,115)/t49-,50+,51-,52+,53+,54-,55-,56-,57-,58-,59-,61-,62-,63-,64+,65+,66-,67+,68-,69-,70-,71-,72-,73-,74+,75?,76?,77-,78+,79-,80+,81+,84-,85+/m1/s1. The quantitative estimate of drug-likeness (QED) is 0.0213. The summed E-state index contributed by atoms with van der Waals surface area (Å²) >= 11 is 0. The van der Waals surface area contributed by atoms with Crippen LogP contribution in [0.15, 0.2) is 24.3 Å². The van der Waals surface area contributed by atoms with Gasteiger partial charge in [0, 0.05) is 45.4 Å². The lowest BCUT2D eigenvalue weighted by atomic mass is 9.86. The fourth-order valence-corrected chi connectivity index (χ4v) is 16.9. The summed E-state index contributed by atoms with van der Waals surface area (Å²) in [6.45, 7) is -0.829. The molecule has 736 valence electrons. The number of rotatable bonds is 59. The van der Waals surface area contributed by atoms with Crippen LogP contribution in [0.1, 0.15) is 221 Å². The van der Waals surface area contributed by atoms with E-state index in [1.165, 1.54) is 70.3 Å². The van der Waals surface area contributed by atoms with Gasteiger partial charge in [0.05, 0.1) is 88.8 Å². The summed E-state index contributed by atoms with van der Waals surface area (Å²) < 4.78 is 72.5. The van der Waals surface area contributed by atoms with Gasteiger partial charge < -0.3 is 185 Å². The van der Waals surface area contributed by atoms with Gasteiger partial charge >= 0.3 is 11.9 Å². The SMILES string of the molecule is CCCCCCC=CCCCCCCCCCC(=O)N[C@@H](CO[C@@H]1O[C@H](CO)[C@@H](O[C@@H]2O[C@H](CO)[C@H](O[C@@H]3O[C@H](CO)[C@H](O)[C@H](O[C@@H]4O[C@H](CO)[C@H](O)[C@H](O)[C@H]4O)[C@H]3CC(C)=O)[C@H](O[C@]3(C(=O)O)C[C@H](O)[C@@H](NC(C)=O)C([C@H](O)[C@@H](CO)O[C@]4(C(=O)O)C[C@H](O)[C@@H](NC(C)=O)C([C@H](O)[C@H](O)CO)O4)O3)[C@H]2O)[C@H](O)[C@H]1O)[C@H](O)C=CCCCCCCCCCCCCC. The predicted octanol–water partition coefficient (Wildman–Crippen LogP) is -3.00. The fourth-order valence-electron chi connectivity index (χ4n) is 16.9. The summed E-state index contributed by atoms with van der Waals surface area (Å²) in [5.41, 5.74) is 0. The smallest absolute Gasteiger partial charge is 0.364 e. The minimum atomic E-state index is -3.68. The van der Waals surface area contributed by atoms with Crippen LogP contribution < -0.4 is 16.0 Å². The van der Waals surface area contributed by atoms with E-state index in [2.05, 4.69) is 41.9 Å². The predicted molar refractivity (Wildman–Crippen MR) is 441 cm³/mol. The van der Waals surface area contributed by atoms with Gasteiger partial charge in [-0.3, -0.25) is 14.4 Å². The molecule has 34 atom stereocenters. The number of aliphatic hydroxyl groups is 19. The van der Waals surface area contributed by atoms with Crippen LogP contribution in [0.5, 0.6) is 0 Å². The lowest BCUT2D eigenvalue weighted by Crippen LogP contribution is -2.72. The van der Waals surface area contributed by atoms with E-state index in [-0.39, 0.29) is 6.42 Å². The van der Waals surface area contributed by atoms with Crippen molar-refractivity contribution in [3.05, 3.63) is 24.3 Å². The second-order valence-electron chi connectivity index (χ2n) is 34.2. The first-order valence-corrected chi connectivity index (χ1v) is 45.1. The molecule has 3 amide bonds. The van der Waals surface area contributed by atoms with E-state index in [0.29, 0.717) is 12.8 Å². The van der Waals surface area contributed by atoms with Gasteiger partial charge in [0.1, 0.15) is 128 Å². The third kappa shape index (κ3) is 32.5. The number of carboxylic acids is 2. The van der Waals surface area contributed by atoms with E-state index in [1.54, 1.807) is 6.08 Å². The maximum absolute atomic E-state index is 14.4. The van der Waals surface area contributed by atoms with E-state index in [1.807, 2.05) is 0 Å². The van der Waals surface area contributed by atoms with Gasteiger partial charge in [-0.15, -0.1) is 0 Å². The van der Waals surface area contributed by atoms with Crippen LogP contribution in [0.4, 0.5) is 0 Å². The molecule has 42 nitrogen and oxygen atoms in total. The second kappa shape index (κ2) is 56.4. The molecule has 0 radical (unpaired) electrons. The Morgan fingerprint density at radius 3 is 1.39 bits per heavy atom. The van der Waals surface area contributed by atoms with Crippen molar-refractivity contribution in [3.8, 4) is 0 Å². The van der Waals surface area contributed by atoms with Gasteiger partial charge in [0.15, 0.2) is 25.2 Å². The van der Waals surface area contributed by atoms with Crippen LogP contribution in [0, 0.1) is 5.92 Å². The average Bonchev–Trinajstić information content (AvgIpc) is 0.733. The number of hydrogen-bond donors (Lipinski definition) is 24. The highest BCUT2D eigenvalue weighted by Crippen LogP contribution is 2.44. The molecule has 6 heterocycles. The maximum Gasteiger partial charge on any atom is 0.364 e. The Morgan fingerprint density at radius 1 is 0.449 bits per heavy atom. The number of carbonyl (C=O) groups is 6.